The van der Waals surface area contributed by atoms with Crippen molar-refractivity contribution < 1.29 is 0 Å². The monoisotopic (exact) mass is 957 g/mol. The molecule has 0 aromatic heterocycles. The second-order valence-electron chi connectivity index (χ2n) is 23.7. The van der Waals surface area contributed by atoms with Gasteiger partial charge in [-0.15, -0.1) is 0 Å². The molecule has 2 nitrogen and oxygen atoms in total. The molecule has 0 radical (unpaired) electrons. The fourth-order valence-electron chi connectivity index (χ4n) is 11.8. The summed E-state index contributed by atoms with van der Waals surface area (Å²) in [6, 6.07) is 0. The highest BCUT2D eigenvalue weighted by Crippen LogP contribution is 2.38. The number of hydrogen-bond donors (Lipinski definition) is 2. The van der Waals surface area contributed by atoms with Gasteiger partial charge in [0.25, 0.3) is 0 Å². The maximum atomic E-state index is 7.85. The molecule has 0 saturated carbocycles. The predicted octanol–water partition coefficient (Wildman–Crippen LogP) is 23.9. The van der Waals surface area contributed by atoms with E-state index in [1.165, 1.54) is 360 Å². The molecular weight excluding hydrogens is 821 g/mol. The summed E-state index contributed by atoms with van der Waals surface area (Å²) in [5, 5.41) is 0. The van der Waals surface area contributed by atoms with E-state index in [9.17, 15) is 0 Å². The minimum atomic E-state index is -0.214. The molecule has 68 heavy (non-hydrogen) atoms. The van der Waals surface area contributed by atoms with Gasteiger partial charge < -0.3 is 11.5 Å². The van der Waals surface area contributed by atoms with Gasteiger partial charge in [0.15, 0.2) is 0 Å². The van der Waals surface area contributed by atoms with Crippen LogP contribution in [0.25, 0.3) is 0 Å². The summed E-state index contributed by atoms with van der Waals surface area (Å²) in [7, 11) is 0. The van der Waals surface area contributed by atoms with Gasteiger partial charge in [0.2, 0.25) is 0 Å². The quantitative estimate of drug-likeness (QED) is 0.0597. The van der Waals surface area contributed by atoms with Crippen LogP contribution in [0, 0.1) is 0 Å². The fraction of sp³-hybridized carbons (Fsp3) is 1.00. The lowest BCUT2D eigenvalue weighted by atomic mass is 9.66. The van der Waals surface area contributed by atoms with Crippen LogP contribution in [0.1, 0.15) is 413 Å². The zero-order valence-electron chi connectivity index (χ0n) is 48.6. The molecule has 0 aromatic rings. The van der Waals surface area contributed by atoms with Gasteiger partial charge in [-0.05, 0) is 25.7 Å². The Morgan fingerprint density at radius 3 is 0.338 bits per heavy atom. The summed E-state index contributed by atoms with van der Waals surface area (Å²) >= 11 is 0. The van der Waals surface area contributed by atoms with Crippen LogP contribution in [0.5, 0.6) is 0 Å². The van der Waals surface area contributed by atoms with Crippen molar-refractivity contribution in [2.45, 2.75) is 424 Å². The standard InChI is InChI=1S/C66H136N2/c1-5-9-13-17-21-25-29-33-37-41-45-49-53-57-61-65(67,62-58-54-50-46-42-38-34-30-26-22-18-14-10-6-2)66(68,63-59-55-51-47-43-39-35-31-27-23-19-15-11-7-3)64-60-56-52-48-44-40-36-32-28-24-20-16-12-8-4/h5-64,67-68H2,1-4H3. The molecule has 0 aliphatic rings. The van der Waals surface area contributed by atoms with E-state index >= 15 is 0 Å². The minimum absolute atomic E-state index is 0.214. The summed E-state index contributed by atoms with van der Waals surface area (Å²) in [6.07, 6.45) is 83.9. The summed E-state index contributed by atoms with van der Waals surface area (Å²) in [6.45, 7) is 9.29. The van der Waals surface area contributed by atoms with E-state index in [1.807, 2.05) is 0 Å². The summed E-state index contributed by atoms with van der Waals surface area (Å²) in [5.74, 6) is 0. The van der Waals surface area contributed by atoms with Crippen LogP contribution in [0.2, 0.25) is 0 Å². The lowest BCUT2D eigenvalue weighted by Crippen LogP contribution is -2.65. The Bertz CT molecular complexity index is 761. The molecule has 0 bridgehead atoms. The second kappa shape index (κ2) is 56.2. The molecule has 0 aliphatic heterocycles. The molecule has 0 amide bonds. The maximum absolute atomic E-state index is 7.85. The van der Waals surface area contributed by atoms with Crippen molar-refractivity contribution in [2.24, 2.45) is 11.5 Å². The molecule has 0 aromatic carbocycles. The first kappa shape index (κ1) is 67.9. The van der Waals surface area contributed by atoms with Crippen molar-refractivity contribution in [3.05, 3.63) is 0 Å². The van der Waals surface area contributed by atoms with Crippen LogP contribution in [-0.2, 0) is 0 Å². The van der Waals surface area contributed by atoms with E-state index in [0.29, 0.717) is 0 Å². The van der Waals surface area contributed by atoms with E-state index < -0.39 is 0 Å². The average Bonchev–Trinajstić information content (AvgIpc) is 3.34. The van der Waals surface area contributed by atoms with Gasteiger partial charge in [0.1, 0.15) is 0 Å². The highest BCUT2D eigenvalue weighted by molar-refractivity contribution is 5.07. The van der Waals surface area contributed by atoms with Crippen molar-refractivity contribution in [3.63, 3.8) is 0 Å². The zero-order chi connectivity index (χ0) is 49.4. The molecule has 0 unspecified atom stereocenters. The highest BCUT2D eigenvalue weighted by Gasteiger charge is 2.43. The Morgan fingerprint density at radius 1 is 0.147 bits per heavy atom. The molecule has 0 fully saturated rings. The summed E-state index contributed by atoms with van der Waals surface area (Å²) in [4.78, 5) is 0. The van der Waals surface area contributed by atoms with Crippen LogP contribution in [-0.4, -0.2) is 11.1 Å². The first-order valence-corrected chi connectivity index (χ1v) is 33.1. The fourth-order valence-corrected chi connectivity index (χ4v) is 11.8. The SMILES string of the molecule is CCCCCCCCCCCCCCCCC(N)(CCCCCCCCCCCCCCCC)C(N)(CCCCCCCCCCCCCCCC)CCCCCCCCCCCCCCCC. The zero-order valence-corrected chi connectivity index (χ0v) is 48.6. The molecule has 0 atom stereocenters. The third-order valence-electron chi connectivity index (χ3n) is 16.9. The van der Waals surface area contributed by atoms with Crippen molar-refractivity contribution in [1.29, 1.82) is 0 Å². The van der Waals surface area contributed by atoms with Crippen molar-refractivity contribution in [1.82, 2.24) is 0 Å². The predicted molar refractivity (Wildman–Crippen MR) is 314 cm³/mol. The molecule has 410 valence electrons. The van der Waals surface area contributed by atoms with Crippen LogP contribution in [0.4, 0.5) is 0 Å². The Kier molecular flexibility index (Phi) is 56.2. The van der Waals surface area contributed by atoms with Crippen LogP contribution in [0.15, 0.2) is 0 Å². The number of hydrogen-bond acceptors (Lipinski definition) is 2. The maximum Gasteiger partial charge on any atom is 0.0336 e. The van der Waals surface area contributed by atoms with Gasteiger partial charge in [-0.2, -0.15) is 0 Å². The van der Waals surface area contributed by atoms with Gasteiger partial charge in [0, 0.05) is 11.1 Å². The molecule has 0 aliphatic carbocycles. The second-order valence-corrected chi connectivity index (χ2v) is 23.7. The largest absolute Gasteiger partial charge is 0.324 e. The topological polar surface area (TPSA) is 52.0 Å². The third-order valence-corrected chi connectivity index (χ3v) is 16.9. The molecule has 0 saturated heterocycles. The van der Waals surface area contributed by atoms with Crippen LogP contribution in [0.3, 0.4) is 0 Å². The van der Waals surface area contributed by atoms with Crippen molar-refractivity contribution >= 4 is 0 Å². The average molecular weight is 958 g/mol. The molecule has 4 N–H and O–H groups in total. The molecule has 0 rings (SSSR count). The summed E-state index contributed by atoms with van der Waals surface area (Å²) < 4.78 is 0. The van der Waals surface area contributed by atoms with E-state index in [0.717, 1.165) is 25.7 Å². The summed E-state index contributed by atoms with van der Waals surface area (Å²) in [5.41, 5.74) is 15.3. The normalized spacial score (nSPS) is 12.3. The third kappa shape index (κ3) is 47.0. The minimum Gasteiger partial charge on any atom is -0.324 e. The molecule has 0 heterocycles. The Morgan fingerprint density at radius 2 is 0.235 bits per heavy atom. The van der Waals surface area contributed by atoms with E-state index in [4.69, 9.17) is 11.5 Å². The van der Waals surface area contributed by atoms with Crippen molar-refractivity contribution in [2.75, 3.05) is 0 Å². The van der Waals surface area contributed by atoms with Gasteiger partial charge >= 0.3 is 0 Å². The molecular formula is C66H136N2. The Balaban J connectivity index is 5.17. The number of unbranched alkanes of at least 4 members (excludes halogenated alkanes) is 52. The Labute approximate surface area is 433 Å². The Hall–Kier alpha value is -0.0800. The first-order chi connectivity index (χ1) is 33.5. The first-order valence-electron chi connectivity index (χ1n) is 33.1. The number of rotatable bonds is 61. The molecule has 2 heteroatoms. The van der Waals surface area contributed by atoms with Gasteiger partial charge in [-0.25, -0.2) is 0 Å². The van der Waals surface area contributed by atoms with Gasteiger partial charge in [-0.1, -0.05) is 387 Å². The smallest absolute Gasteiger partial charge is 0.0336 e. The van der Waals surface area contributed by atoms with Gasteiger partial charge in [-0.3, -0.25) is 0 Å². The van der Waals surface area contributed by atoms with Crippen LogP contribution >= 0.6 is 0 Å². The van der Waals surface area contributed by atoms with E-state index in [1.54, 1.807) is 0 Å². The molecule has 0 spiro atoms. The van der Waals surface area contributed by atoms with E-state index in [-0.39, 0.29) is 11.1 Å². The van der Waals surface area contributed by atoms with E-state index in [2.05, 4.69) is 27.7 Å². The lowest BCUT2D eigenvalue weighted by Gasteiger charge is -2.47. The van der Waals surface area contributed by atoms with Gasteiger partial charge in [0.05, 0.1) is 0 Å². The highest BCUT2D eigenvalue weighted by atomic mass is 14.9. The van der Waals surface area contributed by atoms with Crippen LogP contribution < -0.4 is 11.5 Å². The number of nitrogens with two attached hydrogens (primary N) is 2. The van der Waals surface area contributed by atoms with Crippen molar-refractivity contribution in [3.8, 4) is 0 Å². The lowest BCUT2D eigenvalue weighted by molar-refractivity contribution is 0.149.